The fraction of sp³-hybridized carbons (Fsp3) is 0.222. The summed E-state index contributed by atoms with van der Waals surface area (Å²) in [7, 11) is 0. The third kappa shape index (κ3) is 3.41. The minimum Gasteiger partial charge on any atom is -0.486 e. The summed E-state index contributed by atoms with van der Waals surface area (Å²) in [6.45, 7) is 0.211. The summed E-state index contributed by atoms with van der Waals surface area (Å²) in [6.07, 6.45) is 3.62. The van der Waals surface area contributed by atoms with Crippen LogP contribution in [-0.2, 0) is 11.4 Å². The highest BCUT2D eigenvalue weighted by atomic mass is 32.1. The third-order valence-electron chi connectivity index (χ3n) is 3.99. The molecule has 0 spiro atoms. The van der Waals surface area contributed by atoms with Gasteiger partial charge in [-0.2, -0.15) is 0 Å². The standard InChI is InChI=1S/C18H15FN2O3S/c19-11-1-5-13(6-2-11)23-10-15-8-7-14(24-15)9-16-17(22)21(12-3-4-12)18(25)20-16/h1-2,5-9,12H,3-4,10H2,(H,20,25)/b16-9+. The lowest BCUT2D eigenvalue weighted by atomic mass is 10.3. The van der Waals surface area contributed by atoms with Crippen molar-refractivity contribution in [2.24, 2.45) is 0 Å². The van der Waals surface area contributed by atoms with Crippen LogP contribution in [0.4, 0.5) is 4.39 Å². The van der Waals surface area contributed by atoms with E-state index in [2.05, 4.69) is 5.32 Å². The van der Waals surface area contributed by atoms with Crippen LogP contribution in [0.1, 0.15) is 24.4 Å². The number of hydrogen-bond acceptors (Lipinski definition) is 4. The van der Waals surface area contributed by atoms with Gasteiger partial charge >= 0.3 is 0 Å². The number of thiocarbonyl (C=S) groups is 1. The molecule has 0 radical (unpaired) electrons. The fourth-order valence-electron chi connectivity index (χ4n) is 2.59. The molecule has 7 heteroatoms. The Morgan fingerprint density at radius 1 is 1.28 bits per heavy atom. The van der Waals surface area contributed by atoms with E-state index in [1.165, 1.54) is 12.1 Å². The molecule has 0 unspecified atom stereocenters. The number of carbonyl (C=O) groups is 1. The van der Waals surface area contributed by atoms with Crippen LogP contribution in [-0.4, -0.2) is 22.0 Å². The number of nitrogens with one attached hydrogen (secondary N) is 1. The van der Waals surface area contributed by atoms with Crippen molar-refractivity contribution in [2.45, 2.75) is 25.5 Å². The Labute approximate surface area is 149 Å². The molecule has 4 rings (SSSR count). The predicted molar refractivity (Wildman–Crippen MR) is 93.0 cm³/mol. The SMILES string of the molecule is O=C1/C(=C\c2ccc(COc3ccc(F)cc3)o2)NC(=S)N1C1CC1. The first kappa shape index (κ1) is 15.8. The highest BCUT2D eigenvalue weighted by Gasteiger charge is 2.41. The van der Waals surface area contributed by atoms with Gasteiger partial charge in [0.2, 0.25) is 0 Å². The summed E-state index contributed by atoms with van der Waals surface area (Å²) in [5.74, 6) is 1.26. The molecule has 5 nitrogen and oxygen atoms in total. The highest BCUT2D eigenvalue weighted by molar-refractivity contribution is 7.80. The van der Waals surface area contributed by atoms with Gasteiger partial charge in [-0.25, -0.2) is 4.39 Å². The van der Waals surface area contributed by atoms with Gasteiger partial charge < -0.3 is 14.5 Å². The summed E-state index contributed by atoms with van der Waals surface area (Å²) in [6, 6.07) is 9.53. The van der Waals surface area contributed by atoms with E-state index < -0.39 is 0 Å². The van der Waals surface area contributed by atoms with E-state index in [4.69, 9.17) is 21.4 Å². The molecule has 1 aromatic carbocycles. The second-order valence-electron chi connectivity index (χ2n) is 5.94. The maximum atomic E-state index is 12.9. The number of halogens is 1. The Morgan fingerprint density at radius 3 is 2.76 bits per heavy atom. The van der Waals surface area contributed by atoms with Crippen LogP contribution in [0.5, 0.6) is 5.75 Å². The lowest BCUT2D eigenvalue weighted by Gasteiger charge is -2.11. The molecule has 2 fully saturated rings. The lowest BCUT2D eigenvalue weighted by molar-refractivity contribution is -0.122. The van der Waals surface area contributed by atoms with Gasteiger partial charge in [-0.05, 0) is 61.5 Å². The lowest BCUT2D eigenvalue weighted by Crippen LogP contribution is -2.32. The van der Waals surface area contributed by atoms with Crippen molar-refractivity contribution in [3.8, 4) is 5.75 Å². The van der Waals surface area contributed by atoms with E-state index in [9.17, 15) is 9.18 Å². The van der Waals surface area contributed by atoms with Gasteiger partial charge in [-0.3, -0.25) is 9.69 Å². The first-order chi connectivity index (χ1) is 12.1. The zero-order valence-corrected chi connectivity index (χ0v) is 14.0. The van der Waals surface area contributed by atoms with Crippen molar-refractivity contribution in [2.75, 3.05) is 0 Å². The van der Waals surface area contributed by atoms with Gasteiger partial charge in [-0.1, -0.05) is 0 Å². The number of benzene rings is 1. The molecule has 2 aliphatic rings. The minimum absolute atomic E-state index is 0.118. The predicted octanol–water partition coefficient (Wildman–Crippen LogP) is 3.22. The minimum atomic E-state index is -0.314. The molecular weight excluding hydrogens is 343 g/mol. The van der Waals surface area contributed by atoms with Crippen LogP contribution in [0.3, 0.4) is 0 Å². The normalized spacial score (nSPS) is 18.8. The van der Waals surface area contributed by atoms with Crippen LogP contribution < -0.4 is 10.1 Å². The van der Waals surface area contributed by atoms with E-state index >= 15 is 0 Å². The molecule has 128 valence electrons. The molecule has 1 aromatic heterocycles. The monoisotopic (exact) mass is 358 g/mol. The Bertz CT molecular complexity index is 855. The van der Waals surface area contributed by atoms with E-state index in [1.807, 2.05) is 0 Å². The van der Waals surface area contributed by atoms with Crippen molar-refractivity contribution in [3.63, 3.8) is 0 Å². The van der Waals surface area contributed by atoms with Gasteiger partial charge in [0.25, 0.3) is 5.91 Å². The largest absolute Gasteiger partial charge is 0.486 e. The zero-order chi connectivity index (χ0) is 17.4. The molecule has 1 N–H and O–H groups in total. The Kier molecular flexibility index (Phi) is 4.01. The second-order valence-corrected chi connectivity index (χ2v) is 6.33. The summed E-state index contributed by atoms with van der Waals surface area (Å²) in [4.78, 5) is 14.0. The fourth-order valence-corrected chi connectivity index (χ4v) is 2.93. The quantitative estimate of drug-likeness (QED) is 0.657. The van der Waals surface area contributed by atoms with E-state index in [0.717, 1.165) is 12.8 Å². The maximum absolute atomic E-state index is 12.9. The Morgan fingerprint density at radius 2 is 2.04 bits per heavy atom. The molecule has 1 aliphatic carbocycles. The van der Waals surface area contributed by atoms with Gasteiger partial charge in [0, 0.05) is 12.1 Å². The van der Waals surface area contributed by atoms with Gasteiger partial charge in [0.1, 0.15) is 35.4 Å². The van der Waals surface area contributed by atoms with E-state index in [0.29, 0.717) is 28.1 Å². The third-order valence-corrected chi connectivity index (χ3v) is 4.28. The number of furan rings is 1. The number of nitrogens with zero attached hydrogens (tertiary/aromatic N) is 1. The topological polar surface area (TPSA) is 54.7 Å². The van der Waals surface area contributed by atoms with Crippen molar-refractivity contribution >= 4 is 29.3 Å². The summed E-state index contributed by atoms with van der Waals surface area (Å²) in [5, 5.41) is 3.39. The molecule has 1 amide bonds. The van der Waals surface area contributed by atoms with E-state index in [-0.39, 0.29) is 24.4 Å². The molecule has 1 saturated carbocycles. The summed E-state index contributed by atoms with van der Waals surface area (Å²) >= 11 is 5.21. The smallest absolute Gasteiger partial charge is 0.276 e. The second kappa shape index (κ2) is 6.33. The molecular formula is C18H15FN2O3S. The van der Waals surface area contributed by atoms with Crippen LogP contribution in [0.15, 0.2) is 46.5 Å². The van der Waals surface area contributed by atoms with Gasteiger partial charge in [-0.15, -0.1) is 0 Å². The number of rotatable bonds is 5. The summed E-state index contributed by atoms with van der Waals surface area (Å²) < 4.78 is 24.0. The zero-order valence-electron chi connectivity index (χ0n) is 13.2. The molecule has 2 aromatic rings. The number of carbonyl (C=O) groups excluding carboxylic acids is 1. The van der Waals surface area contributed by atoms with Crippen molar-refractivity contribution in [1.29, 1.82) is 0 Å². The first-order valence-corrected chi connectivity index (χ1v) is 8.34. The Hall–Kier alpha value is -2.67. The van der Waals surface area contributed by atoms with Crippen molar-refractivity contribution < 1.29 is 18.3 Å². The molecule has 1 saturated heterocycles. The highest BCUT2D eigenvalue weighted by Crippen LogP contribution is 2.31. The first-order valence-electron chi connectivity index (χ1n) is 7.93. The van der Waals surface area contributed by atoms with Crippen LogP contribution in [0.2, 0.25) is 0 Å². The maximum Gasteiger partial charge on any atom is 0.276 e. The van der Waals surface area contributed by atoms with Crippen LogP contribution in [0.25, 0.3) is 6.08 Å². The van der Waals surface area contributed by atoms with Crippen molar-refractivity contribution in [1.82, 2.24) is 10.2 Å². The molecule has 25 heavy (non-hydrogen) atoms. The van der Waals surface area contributed by atoms with Crippen LogP contribution >= 0.6 is 12.2 Å². The number of hydrogen-bond donors (Lipinski definition) is 1. The molecule has 0 atom stereocenters. The number of amides is 1. The summed E-state index contributed by atoms with van der Waals surface area (Å²) in [5.41, 5.74) is 0.414. The van der Waals surface area contributed by atoms with Gasteiger partial charge in [0.15, 0.2) is 5.11 Å². The average molecular weight is 358 g/mol. The number of ether oxygens (including phenoxy) is 1. The molecule has 0 bridgehead atoms. The molecule has 1 aliphatic heterocycles. The molecule has 2 heterocycles. The average Bonchev–Trinajstić information content (AvgIpc) is 3.25. The van der Waals surface area contributed by atoms with Crippen molar-refractivity contribution in [3.05, 3.63) is 59.4 Å². The Balaban J connectivity index is 1.42. The van der Waals surface area contributed by atoms with Crippen LogP contribution in [0, 0.1) is 5.82 Å². The van der Waals surface area contributed by atoms with E-state index in [1.54, 1.807) is 35.2 Å². The van der Waals surface area contributed by atoms with Gasteiger partial charge in [0.05, 0.1) is 0 Å².